The van der Waals surface area contributed by atoms with E-state index in [-0.39, 0.29) is 11.7 Å². The van der Waals surface area contributed by atoms with Crippen molar-refractivity contribution in [2.45, 2.75) is 32.6 Å². The lowest BCUT2D eigenvalue weighted by Crippen LogP contribution is -2.10. The molecular formula is C26H22N2O3S2. The minimum Gasteiger partial charge on any atom is -0.490 e. The van der Waals surface area contributed by atoms with Gasteiger partial charge in [0.2, 0.25) is 0 Å². The largest absolute Gasteiger partial charge is 0.490 e. The van der Waals surface area contributed by atoms with Crippen molar-refractivity contribution in [1.29, 1.82) is 0 Å². The van der Waals surface area contributed by atoms with E-state index in [4.69, 9.17) is 14.1 Å². The number of para-hydroxylation sites is 2. The molecule has 0 fully saturated rings. The number of aromatic nitrogens is 1. The Balaban J connectivity index is 1.40. The number of carbonyl (C=O) groups is 1. The number of benzene rings is 2. The fourth-order valence-electron chi connectivity index (χ4n) is 4.44. The van der Waals surface area contributed by atoms with E-state index in [2.05, 4.69) is 11.4 Å². The summed E-state index contributed by atoms with van der Waals surface area (Å²) in [7, 11) is 0. The summed E-state index contributed by atoms with van der Waals surface area (Å²) in [4.78, 5) is 19.5. The molecule has 7 heteroatoms. The Labute approximate surface area is 199 Å². The molecule has 0 saturated carbocycles. The number of thiophene rings is 1. The van der Waals surface area contributed by atoms with Crippen molar-refractivity contribution in [3.8, 4) is 16.3 Å². The first-order valence-electron chi connectivity index (χ1n) is 11.2. The molecule has 0 radical (unpaired) electrons. The third kappa shape index (κ3) is 3.61. The van der Waals surface area contributed by atoms with E-state index in [1.165, 1.54) is 23.3 Å². The zero-order valence-electron chi connectivity index (χ0n) is 18.1. The molecule has 2 aromatic carbocycles. The second kappa shape index (κ2) is 8.32. The van der Waals surface area contributed by atoms with Gasteiger partial charge in [-0.15, -0.1) is 22.7 Å². The minimum absolute atomic E-state index is 0.255. The molecule has 6 rings (SSSR count). The molecule has 1 aliphatic rings. The number of anilines is 1. The SMILES string of the molecule is CCOc1cccc2cc(C(=O)Nc3sc4c(c3-c3nc5ccccc5s3)CCCC4)oc12. The van der Waals surface area contributed by atoms with Crippen LogP contribution in [0.3, 0.4) is 0 Å². The fourth-order valence-corrected chi connectivity index (χ4v) is 6.84. The molecular weight excluding hydrogens is 452 g/mol. The number of nitrogens with zero attached hydrogens (tertiary/aromatic N) is 1. The van der Waals surface area contributed by atoms with Crippen LogP contribution < -0.4 is 10.1 Å². The molecule has 33 heavy (non-hydrogen) atoms. The summed E-state index contributed by atoms with van der Waals surface area (Å²) in [6.45, 7) is 2.46. The number of amides is 1. The summed E-state index contributed by atoms with van der Waals surface area (Å²) in [6, 6.07) is 15.6. The lowest BCUT2D eigenvalue weighted by molar-refractivity contribution is 0.0999. The van der Waals surface area contributed by atoms with Crippen LogP contribution >= 0.6 is 22.7 Å². The van der Waals surface area contributed by atoms with E-state index < -0.39 is 0 Å². The van der Waals surface area contributed by atoms with Crippen molar-refractivity contribution in [2.24, 2.45) is 0 Å². The molecule has 1 aliphatic carbocycles. The zero-order chi connectivity index (χ0) is 22.4. The Morgan fingerprint density at radius 1 is 1.12 bits per heavy atom. The average molecular weight is 475 g/mol. The summed E-state index contributed by atoms with van der Waals surface area (Å²) < 4.78 is 12.8. The van der Waals surface area contributed by atoms with Gasteiger partial charge in [0.1, 0.15) is 10.0 Å². The maximum absolute atomic E-state index is 13.3. The molecule has 5 nitrogen and oxygen atoms in total. The monoisotopic (exact) mass is 474 g/mol. The molecule has 0 aliphatic heterocycles. The first kappa shape index (κ1) is 20.4. The van der Waals surface area contributed by atoms with Gasteiger partial charge in [-0.3, -0.25) is 4.79 Å². The third-order valence-corrected chi connectivity index (χ3v) is 8.20. The molecule has 5 aromatic rings. The van der Waals surface area contributed by atoms with Crippen molar-refractivity contribution >= 4 is 54.8 Å². The Bertz CT molecular complexity index is 1460. The van der Waals surface area contributed by atoms with Crippen LogP contribution in [0.2, 0.25) is 0 Å². The standard InChI is InChI=1S/C26H22N2O3S2/c1-2-30-18-11-7-8-15-14-19(31-23(15)18)24(29)28-26-22(16-9-3-5-12-20(16)32-26)25-27-17-10-4-6-13-21(17)33-25/h4,6-8,10-11,13-14H,2-3,5,9,12H2,1H3,(H,28,29). The summed E-state index contributed by atoms with van der Waals surface area (Å²) in [6.07, 6.45) is 4.42. The number of furan rings is 1. The number of aryl methyl sites for hydroxylation is 1. The van der Waals surface area contributed by atoms with Crippen LogP contribution in [0.15, 0.2) is 52.9 Å². The number of fused-ring (bicyclic) bond motifs is 3. The van der Waals surface area contributed by atoms with Gasteiger partial charge in [-0.05, 0) is 62.4 Å². The van der Waals surface area contributed by atoms with E-state index in [0.29, 0.717) is 17.9 Å². The Hall–Kier alpha value is -3.16. The first-order valence-corrected chi connectivity index (χ1v) is 12.8. The molecule has 0 spiro atoms. The fraction of sp³-hybridized carbons (Fsp3) is 0.231. The average Bonchev–Trinajstić information content (AvgIpc) is 3.53. The molecule has 0 bridgehead atoms. The van der Waals surface area contributed by atoms with Crippen molar-refractivity contribution < 1.29 is 13.9 Å². The number of hydrogen-bond donors (Lipinski definition) is 1. The quantitative estimate of drug-likeness (QED) is 0.290. The van der Waals surface area contributed by atoms with Gasteiger partial charge in [0, 0.05) is 15.8 Å². The van der Waals surface area contributed by atoms with Gasteiger partial charge in [0.15, 0.2) is 17.1 Å². The van der Waals surface area contributed by atoms with Gasteiger partial charge in [0.25, 0.3) is 5.91 Å². The molecule has 0 atom stereocenters. The number of ether oxygens (including phenoxy) is 1. The highest BCUT2D eigenvalue weighted by atomic mass is 32.1. The van der Waals surface area contributed by atoms with Crippen molar-refractivity contribution in [1.82, 2.24) is 4.98 Å². The summed E-state index contributed by atoms with van der Waals surface area (Å²) in [5.74, 6) is 0.671. The predicted molar refractivity (Wildman–Crippen MR) is 135 cm³/mol. The number of thiazole rings is 1. The van der Waals surface area contributed by atoms with E-state index >= 15 is 0 Å². The normalized spacial score (nSPS) is 13.4. The summed E-state index contributed by atoms with van der Waals surface area (Å²) in [5.41, 5.74) is 4.01. The molecule has 3 heterocycles. The highest BCUT2D eigenvalue weighted by molar-refractivity contribution is 7.23. The maximum Gasteiger partial charge on any atom is 0.292 e. The highest BCUT2D eigenvalue weighted by Gasteiger charge is 2.26. The van der Waals surface area contributed by atoms with Gasteiger partial charge in [0.05, 0.1) is 16.8 Å². The van der Waals surface area contributed by atoms with Crippen LogP contribution in [0.1, 0.15) is 40.8 Å². The summed E-state index contributed by atoms with van der Waals surface area (Å²) >= 11 is 3.36. The van der Waals surface area contributed by atoms with Crippen LogP contribution in [0, 0.1) is 0 Å². The maximum atomic E-state index is 13.3. The number of nitrogens with one attached hydrogen (secondary N) is 1. The van der Waals surface area contributed by atoms with Gasteiger partial charge in [-0.1, -0.05) is 24.3 Å². The van der Waals surface area contributed by atoms with E-state index in [9.17, 15) is 4.79 Å². The van der Waals surface area contributed by atoms with Gasteiger partial charge < -0.3 is 14.5 Å². The summed E-state index contributed by atoms with van der Waals surface area (Å²) in [5, 5.41) is 5.83. The van der Waals surface area contributed by atoms with Crippen LogP contribution in [0.5, 0.6) is 5.75 Å². The Morgan fingerprint density at radius 2 is 2.00 bits per heavy atom. The second-order valence-electron chi connectivity index (χ2n) is 8.07. The lowest BCUT2D eigenvalue weighted by atomic mass is 9.96. The highest BCUT2D eigenvalue weighted by Crippen LogP contribution is 2.46. The van der Waals surface area contributed by atoms with Gasteiger partial charge in [-0.2, -0.15) is 0 Å². The van der Waals surface area contributed by atoms with E-state index in [1.54, 1.807) is 28.7 Å². The second-order valence-corrected chi connectivity index (χ2v) is 10.2. The molecule has 0 saturated heterocycles. The van der Waals surface area contributed by atoms with E-state index in [1.807, 2.05) is 43.3 Å². The van der Waals surface area contributed by atoms with Crippen molar-refractivity contribution in [2.75, 3.05) is 11.9 Å². The van der Waals surface area contributed by atoms with Crippen molar-refractivity contribution in [3.63, 3.8) is 0 Å². The molecule has 3 aromatic heterocycles. The smallest absolute Gasteiger partial charge is 0.292 e. The Morgan fingerprint density at radius 3 is 2.88 bits per heavy atom. The molecule has 166 valence electrons. The zero-order valence-corrected chi connectivity index (χ0v) is 19.8. The number of rotatable bonds is 5. The first-order chi connectivity index (χ1) is 16.2. The molecule has 1 amide bonds. The predicted octanol–water partition coefficient (Wildman–Crippen LogP) is 7.30. The van der Waals surface area contributed by atoms with Crippen LogP contribution in [-0.4, -0.2) is 17.5 Å². The van der Waals surface area contributed by atoms with Crippen LogP contribution in [0.4, 0.5) is 5.00 Å². The van der Waals surface area contributed by atoms with Crippen LogP contribution in [-0.2, 0) is 12.8 Å². The molecule has 1 N–H and O–H groups in total. The number of carbonyl (C=O) groups excluding carboxylic acids is 1. The van der Waals surface area contributed by atoms with E-state index in [0.717, 1.165) is 44.0 Å². The Kier molecular flexibility index (Phi) is 5.15. The molecule has 0 unspecified atom stereocenters. The van der Waals surface area contributed by atoms with Gasteiger partial charge in [-0.25, -0.2) is 4.98 Å². The lowest BCUT2D eigenvalue weighted by Gasteiger charge is -2.11. The minimum atomic E-state index is -0.255. The van der Waals surface area contributed by atoms with Crippen molar-refractivity contribution in [3.05, 3.63) is 64.7 Å². The van der Waals surface area contributed by atoms with Gasteiger partial charge >= 0.3 is 0 Å². The van der Waals surface area contributed by atoms with Crippen LogP contribution in [0.25, 0.3) is 31.8 Å². The third-order valence-electron chi connectivity index (χ3n) is 5.94. The number of hydrogen-bond acceptors (Lipinski definition) is 6. The topological polar surface area (TPSA) is 64.4 Å².